The van der Waals surface area contributed by atoms with Gasteiger partial charge >= 0.3 is 0 Å². The van der Waals surface area contributed by atoms with Gasteiger partial charge in [-0.2, -0.15) is 0 Å². The maximum atomic E-state index is 5.87. The van der Waals surface area contributed by atoms with Gasteiger partial charge in [-0.1, -0.05) is 6.92 Å². The van der Waals surface area contributed by atoms with Crippen LogP contribution in [-0.2, 0) is 13.1 Å². The van der Waals surface area contributed by atoms with Crippen LogP contribution < -0.4 is 10.1 Å². The molecule has 0 radical (unpaired) electrons. The van der Waals surface area contributed by atoms with Crippen LogP contribution in [0, 0.1) is 13.8 Å². The van der Waals surface area contributed by atoms with E-state index in [0.29, 0.717) is 6.61 Å². The minimum Gasteiger partial charge on any atom is -0.490 e. The predicted octanol–water partition coefficient (Wildman–Crippen LogP) is 2.08. The Hall–Kier alpha value is -1.88. The van der Waals surface area contributed by atoms with Crippen molar-refractivity contribution in [2.75, 3.05) is 13.2 Å². The Kier molecular flexibility index (Phi) is 5.12. The maximum absolute atomic E-state index is 5.87. The average Bonchev–Trinajstić information content (AvgIpc) is 2.84. The molecule has 0 aliphatic rings. The highest BCUT2D eigenvalue weighted by molar-refractivity contribution is 5.29. The van der Waals surface area contributed by atoms with Crippen LogP contribution in [0.2, 0.25) is 0 Å². The van der Waals surface area contributed by atoms with E-state index < -0.39 is 0 Å². The molecule has 1 N–H and O–H groups in total. The first-order valence-corrected chi connectivity index (χ1v) is 6.98. The molecule has 0 aliphatic heterocycles. The number of nitrogens with one attached hydrogen (secondary N) is 1. The molecule has 2 heterocycles. The van der Waals surface area contributed by atoms with E-state index in [0.717, 1.165) is 42.6 Å². The number of ether oxygens (including phenoxy) is 1. The van der Waals surface area contributed by atoms with Crippen molar-refractivity contribution in [3.63, 3.8) is 0 Å². The number of rotatable bonds is 7. The standard InChI is InChI=1S/C15H22N4O/c1-4-16-11-14-15(6-5-12(2)18-14)20-10-9-19-8-7-17-13(19)3/h5-8,16H,4,9-11H2,1-3H3. The molecule has 2 aromatic heterocycles. The predicted molar refractivity (Wildman–Crippen MR) is 78.8 cm³/mol. The molecule has 5 heteroatoms. The maximum Gasteiger partial charge on any atom is 0.142 e. The van der Waals surface area contributed by atoms with Crippen molar-refractivity contribution in [3.8, 4) is 5.75 Å². The van der Waals surface area contributed by atoms with Crippen LogP contribution in [-0.4, -0.2) is 27.7 Å². The topological polar surface area (TPSA) is 52.0 Å². The second-order valence-electron chi connectivity index (χ2n) is 4.69. The molecule has 0 fully saturated rings. The summed E-state index contributed by atoms with van der Waals surface area (Å²) >= 11 is 0. The van der Waals surface area contributed by atoms with E-state index in [2.05, 4.69) is 26.8 Å². The van der Waals surface area contributed by atoms with Crippen LogP contribution in [0.1, 0.15) is 24.1 Å². The van der Waals surface area contributed by atoms with E-state index in [1.54, 1.807) is 6.20 Å². The molecule has 0 amide bonds. The van der Waals surface area contributed by atoms with Crippen LogP contribution in [0.3, 0.4) is 0 Å². The van der Waals surface area contributed by atoms with Crippen LogP contribution in [0.15, 0.2) is 24.5 Å². The van der Waals surface area contributed by atoms with Gasteiger partial charge in [-0.25, -0.2) is 4.98 Å². The number of pyridine rings is 1. The molecule has 0 bridgehead atoms. The minimum absolute atomic E-state index is 0.612. The third kappa shape index (κ3) is 3.81. The zero-order chi connectivity index (χ0) is 14.4. The van der Waals surface area contributed by atoms with Gasteiger partial charge < -0.3 is 14.6 Å². The molecule has 0 atom stereocenters. The first kappa shape index (κ1) is 14.5. The van der Waals surface area contributed by atoms with Gasteiger partial charge in [0.25, 0.3) is 0 Å². The molecule has 0 spiro atoms. The number of aryl methyl sites for hydroxylation is 2. The van der Waals surface area contributed by atoms with Crippen LogP contribution in [0.4, 0.5) is 0 Å². The third-order valence-electron chi connectivity index (χ3n) is 3.13. The Labute approximate surface area is 120 Å². The van der Waals surface area contributed by atoms with Gasteiger partial charge in [0.15, 0.2) is 0 Å². The monoisotopic (exact) mass is 274 g/mol. The van der Waals surface area contributed by atoms with Crippen molar-refractivity contribution in [2.24, 2.45) is 0 Å². The Bertz CT molecular complexity index is 551. The summed E-state index contributed by atoms with van der Waals surface area (Å²) in [5.74, 6) is 1.86. The van der Waals surface area contributed by atoms with Gasteiger partial charge in [0, 0.05) is 24.6 Å². The van der Waals surface area contributed by atoms with Crippen molar-refractivity contribution in [1.82, 2.24) is 19.9 Å². The number of nitrogens with zero attached hydrogens (tertiary/aromatic N) is 3. The number of aromatic nitrogens is 3. The summed E-state index contributed by atoms with van der Waals surface area (Å²) in [6, 6.07) is 3.98. The number of imidazole rings is 1. The minimum atomic E-state index is 0.612. The lowest BCUT2D eigenvalue weighted by Crippen LogP contribution is -2.16. The zero-order valence-electron chi connectivity index (χ0n) is 12.4. The van der Waals surface area contributed by atoms with E-state index >= 15 is 0 Å². The second-order valence-corrected chi connectivity index (χ2v) is 4.69. The van der Waals surface area contributed by atoms with Gasteiger partial charge in [0.05, 0.1) is 12.2 Å². The van der Waals surface area contributed by atoms with Crippen molar-refractivity contribution < 1.29 is 4.74 Å². The van der Waals surface area contributed by atoms with Crippen LogP contribution >= 0.6 is 0 Å². The highest BCUT2D eigenvalue weighted by atomic mass is 16.5. The Balaban J connectivity index is 1.96. The Morgan fingerprint density at radius 3 is 2.85 bits per heavy atom. The SMILES string of the molecule is CCNCc1nc(C)ccc1OCCn1ccnc1C. The lowest BCUT2D eigenvalue weighted by molar-refractivity contribution is 0.292. The van der Waals surface area contributed by atoms with Crippen molar-refractivity contribution in [3.05, 3.63) is 41.7 Å². The average molecular weight is 274 g/mol. The van der Waals surface area contributed by atoms with Crippen molar-refractivity contribution in [1.29, 1.82) is 0 Å². The van der Waals surface area contributed by atoms with E-state index in [1.165, 1.54) is 0 Å². The fourth-order valence-electron chi connectivity index (χ4n) is 1.99. The van der Waals surface area contributed by atoms with Crippen LogP contribution in [0.5, 0.6) is 5.75 Å². The third-order valence-corrected chi connectivity index (χ3v) is 3.13. The molecule has 108 valence electrons. The lowest BCUT2D eigenvalue weighted by atomic mass is 10.3. The fraction of sp³-hybridized carbons (Fsp3) is 0.467. The Morgan fingerprint density at radius 2 is 2.15 bits per heavy atom. The lowest BCUT2D eigenvalue weighted by Gasteiger charge is -2.12. The van der Waals surface area contributed by atoms with E-state index in [4.69, 9.17) is 4.74 Å². The Morgan fingerprint density at radius 1 is 1.30 bits per heavy atom. The molecular formula is C15H22N4O. The summed E-state index contributed by atoms with van der Waals surface area (Å²) in [6.45, 7) is 9.12. The molecule has 2 aromatic rings. The summed E-state index contributed by atoms with van der Waals surface area (Å²) < 4.78 is 7.94. The van der Waals surface area contributed by atoms with Crippen LogP contribution in [0.25, 0.3) is 0 Å². The largest absolute Gasteiger partial charge is 0.490 e. The van der Waals surface area contributed by atoms with Gasteiger partial charge in [0.2, 0.25) is 0 Å². The molecular weight excluding hydrogens is 252 g/mol. The summed E-state index contributed by atoms with van der Waals surface area (Å²) in [4.78, 5) is 8.73. The van der Waals surface area contributed by atoms with Gasteiger partial charge in [0.1, 0.15) is 18.2 Å². The van der Waals surface area contributed by atoms with Gasteiger partial charge in [-0.3, -0.25) is 4.98 Å². The second kappa shape index (κ2) is 7.05. The van der Waals surface area contributed by atoms with E-state index in [-0.39, 0.29) is 0 Å². The normalized spacial score (nSPS) is 10.8. The molecule has 0 unspecified atom stereocenters. The molecule has 0 aliphatic carbocycles. The first-order valence-electron chi connectivity index (χ1n) is 6.98. The van der Waals surface area contributed by atoms with Gasteiger partial charge in [-0.05, 0) is 32.5 Å². The number of hydrogen-bond donors (Lipinski definition) is 1. The highest BCUT2D eigenvalue weighted by Crippen LogP contribution is 2.17. The smallest absolute Gasteiger partial charge is 0.142 e. The molecule has 5 nitrogen and oxygen atoms in total. The highest BCUT2D eigenvalue weighted by Gasteiger charge is 2.06. The summed E-state index contributed by atoms with van der Waals surface area (Å²) in [5, 5.41) is 3.29. The fourth-order valence-corrected chi connectivity index (χ4v) is 1.99. The first-order chi connectivity index (χ1) is 9.70. The van der Waals surface area contributed by atoms with E-state index in [1.807, 2.05) is 32.2 Å². The van der Waals surface area contributed by atoms with Crippen molar-refractivity contribution in [2.45, 2.75) is 33.9 Å². The molecule has 0 saturated carbocycles. The molecule has 0 saturated heterocycles. The number of hydrogen-bond acceptors (Lipinski definition) is 4. The van der Waals surface area contributed by atoms with Crippen molar-refractivity contribution >= 4 is 0 Å². The summed E-state index contributed by atoms with van der Waals surface area (Å²) in [6.07, 6.45) is 3.77. The zero-order valence-corrected chi connectivity index (χ0v) is 12.4. The summed E-state index contributed by atoms with van der Waals surface area (Å²) in [7, 11) is 0. The molecule has 2 rings (SSSR count). The van der Waals surface area contributed by atoms with E-state index in [9.17, 15) is 0 Å². The van der Waals surface area contributed by atoms with Gasteiger partial charge in [-0.15, -0.1) is 0 Å². The molecule has 0 aromatic carbocycles. The molecule has 20 heavy (non-hydrogen) atoms. The summed E-state index contributed by atoms with van der Waals surface area (Å²) in [5.41, 5.74) is 1.98. The quantitative estimate of drug-likeness (QED) is 0.840.